The molecule has 0 fully saturated rings. The molecule has 96 valence electrons. The maximum absolute atomic E-state index is 11.9. The minimum Gasteiger partial charge on any atom is -0.529 e. The Morgan fingerprint density at radius 1 is 1.38 bits per heavy atom. The van der Waals surface area contributed by atoms with Gasteiger partial charge in [-0.1, -0.05) is 20.3 Å². The number of carboxylic acid groups (broad SMARTS) is 1. The number of aliphatic carboxylic acids is 1. The van der Waals surface area contributed by atoms with Crippen molar-refractivity contribution in [3.05, 3.63) is 4.72 Å². The SMILES string of the molecule is CC(C)CC([N-]S(=O)(=O)C(F)(F)F)C(=O)O. The van der Waals surface area contributed by atoms with Crippen LogP contribution >= 0.6 is 0 Å². The van der Waals surface area contributed by atoms with Crippen LogP contribution in [0, 0.1) is 5.92 Å². The molecule has 1 atom stereocenters. The molecule has 0 spiro atoms. The van der Waals surface area contributed by atoms with Crippen molar-refractivity contribution in [1.29, 1.82) is 0 Å². The van der Waals surface area contributed by atoms with Gasteiger partial charge in [0.1, 0.15) is 0 Å². The Morgan fingerprint density at radius 2 is 1.81 bits per heavy atom. The molecule has 0 radical (unpaired) electrons. The normalized spacial score (nSPS) is 15.1. The lowest BCUT2D eigenvalue weighted by Gasteiger charge is -2.29. The summed E-state index contributed by atoms with van der Waals surface area (Å²) in [5.74, 6) is -1.98. The Bertz CT molecular complexity index is 349. The topological polar surface area (TPSA) is 85.5 Å². The van der Waals surface area contributed by atoms with Gasteiger partial charge in [-0.25, -0.2) is 8.42 Å². The summed E-state index contributed by atoms with van der Waals surface area (Å²) >= 11 is 0. The average Bonchev–Trinajstić information content (AvgIpc) is 1.98. The third kappa shape index (κ3) is 4.35. The minimum absolute atomic E-state index is 0.273. The molecule has 0 amide bonds. The van der Waals surface area contributed by atoms with Crippen molar-refractivity contribution in [1.82, 2.24) is 0 Å². The summed E-state index contributed by atoms with van der Waals surface area (Å²) < 4.78 is 59.3. The number of sulfonamides is 1. The summed E-state index contributed by atoms with van der Waals surface area (Å²) in [4.78, 5) is 10.5. The molecule has 0 saturated heterocycles. The van der Waals surface area contributed by atoms with Gasteiger partial charge in [0.25, 0.3) is 5.97 Å². The fraction of sp³-hybridized carbons (Fsp3) is 0.857. The molecule has 0 aromatic rings. The fourth-order valence-electron chi connectivity index (χ4n) is 0.863. The first-order valence-corrected chi connectivity index (χ1v) is 5.67. The molecule has 0 aliphatic rings. The number of rotatable bonds is 5. The van der Waals surface area contributed by atoms with E-state index in [4.69, 9.17) is 5.11 Å². The number of alkyl halides is 3. The molecule has 0 bridgehead atoms. The Kier molecular flexibility index (Phi) is 4.74. The number of carboxylic acids is 1. The number of hydrogen-bond donors (Lipinski definition) is 1. The summed E-state index contributed by atoms with van der Waals surface area (Å²) in [5.41, 5.74) is -5.56. The van der Waals surface area contributed by atoms with E-state index in [2.05, 4.69) is 4.72 Å². The van der Waals surface area contributed by atoms with Crippen LogP contribution in [0.1, 0.15) is 20.3 Å². The second-order valence-electron chi connectivity index (χ2n) is 3.51. The van der Waals surface area contributed by atoms with E-state index in [1.54, 1.807) is 13.8 Å². The third-order valence-corrected chi connectivity index (χ3v) is 2.66. The second kappa shape index (κ2) is 5.00. The molecule has 16 heavy (non-hydrogen) atoms. The molecule has 0 aromatic heterocycles. The lowest BCUT2D eigenvalue weighted by Crippen LogP contribution is -2.30. The summed E-state index contributed by atoms with van der Waals surface area (Å²) in [7, 11) is -5.74. The van der Waals surface area contributed by atoms with Gasteiger partial charge >= 0.3 is 5.51 Å². The summed E-state index contributed by atoms with van der Waals surface area (Å²) in [6.45, 7) is 3.09. The van der Waals surface area contributed by atoms with E-state index in [9.17, 15) is 26.4 Å². The maximum Gasteiger partial charge on any atom is 0.480 e. The molecular weight excluding hydrogens is 251 g/mol. The third-order valence-electron chi connectivity index (χ3n) is 1.54. The highest BCUT2D eigenvalue weighted by atomic mass is 32.2. The van der Waals surface area contributed by atoms with Crippen LogP contribution in [0.2, 0.25) is 0 Å². The highest BCUT2D eigenvalue weighted by molar-refractivity contribution is 7.94. The van der Waals surface area contributed by atoms with Gasteiger partial charge < -0.3 is 9.83 Å². The van der Waals surface area contributed by atoms with Gasteiger partial charge in [-0.15, -0.1) is 0 Å². The number of halogens is 3. The highest BCUT2D eigenvalue weighted by Gasteiger charge is 2.40. The van der Waals surface area contributed by atoms with Crippen LogP contribution in [0.3, 0.4) is 0 Å². The van der Waals surface area contributed by atoms with Crippen molar-refractivity contribution in [2.75, 3.05) is 0 Å². The fourth-order valence-corrected chi connectivity index (χ4v) is 1.49. The molecular formula is C7H11F3NO4S-. The largest absolute Gasteiger partial charge is 0.529 e. The lowest BCUT2D eigenvalue weighted by molar-refractivity contribution is -0.137. The molecule has 0 aliphatic carbocycles. The average molecular weight is 262 g/mol. The molecule has 1 unspecified atom stereocenters. The Hall–Kier alpha value is -0.830. The predicted molar refractivity (Wildman–Crippen MR) is 49.2 cm³/mol. The van der Waals surface area contributed by atoms with Crippen LogP contribution in [0.4, 0.5) is 13.2 Å². The standard InChI is InChI=1S/C7H11F3NO4S/c1-4(2)3-5(6(12)13)11-16(14,15)7(8,9)10/h4-5H,3H2,1-2H3,(H,12,13)/q-1. The predicted octanol–water partition coefficient (Wildman–Crippen LogP) is 1.71. The quantitative estimate of drug-likeness (QED) is 0.817. The van der Waals surface area contributed by atoms with Crippen LogP contribution in [-0.2, 0) is 14.8 Å². The van der Waals surface area contributed by atoms with Crippen molar-refractivity contribution < 1.29 is 31.5 Å². The van der Waals surface area contributed by atoms with Gasteiger partial charge in [0.2, 0.25) is 0 Å². The summed E-state index contributed by atoms with van der Waals surface area (Å²) in [6.07, 6.45) is -0.273. The van der Waals surface area contributed by atoms with E-state index in [1.807, 2.05) is 0 Å². The molecule has 0 heterocycles. The van der Waals surface area contributed by atoms with Crippen LogP contribution in [-0.4, -0.2) is 31.0 Å². The van der Waals surface area contributed by atoms with Crippen LogP contribution in [0.15, 0.2) is 0 Å². The second-order valence-corrected chi connectivity index (χ2v) is 5.13. The zero-order chi connectivity index (χ0) is 13.1. The van der Waals surface area contributed by atoms with Crippen molar-refractivity contribution in [2.24, 2.45) is 5.92 Å². The van der Waals surface area contributed by atoms with Crippen molar-refractivity contribution in [3.8, 4) is 0 Å². The van der Waals surface area contributed by atoms with E-state index in [1.165, 1.54) is 0 Å². The first-order valence-electron chi connectivity index (χ1n) is 4.23. The molecule has 0 saturated carbocycles. The first-order chi connectivity index (χ1) is 6.97. The van der Waals surface area contributed by atoms with Crippen LogP contribution in [0.25, 0.3) is 4.72 Å². The molecule has 0 aromatic carbocycles. The van der Waals surface area contributed by atoms with Gasteiger partial charge in [0, 0.05) is 0 Å². The maximum atomic E-state index is 11.9. The first kappa shape index (κ1) is 15.2. The van der Waals surface area contributed by atoms with E-state index < -0.39 is 27.5 Å². The van der Waals surface area contributed by atoms with Crippen LogP contribution < -0.4 is 0 Å². The molecule has 5 nitrogen and oxygen atoms in total. The highest BCUT2D eigenvalue weighted by Crippen LogP contribution is 2.30. The Balaban J connectivity index is 4.85. The minimum atomic E-state index is -5.74. The molecule has 9 heteroatoms. The molecule has 1 N–H and O–H groups in total. The van der Waals surface area contributed by atoms with E-state index in [-0.39, 0.29) is 12.3 Å². The zero-order valence-electron chi connectivity index (χ0n) is 8.52. The van der Waals surface area contributed by atoms with Gasteiger partial charge in [0.15, 0.2) is 10.0 Å². The summed E-state index contributed by atoms with van der Waals surface area (Å²) in [6, 6.07) is -1.90. The van der Waals surface area contributed by atoms with Gasteiger partial charge in [-0.3, -0.25) is 4.79 Å². The summed E-state index contributed by atoms with van der Waals surface area (Å²) in [5, 5.41) is 8.53. The Morgan fingerprint density at radius 3 is 2.06 bits per heavy atom. The van der Waals surface area contributed by atoms with Crippen molar-refractivity contribution in [2.45, 2.75) is 31.8 Å². The van der Waals surface area contributed by atoms with Crippen molar-refractivity contribution >= 4 is 16.0 Å². The molecule has 0 rings (SSSR count). The monoisotopic (exact) mass is 262 g/mol. The Labute approximate surface area is 90.7 Å². The zero-order valence-corrected chi connectivity index (χ0v) is 9.34. The molecule has 0 aliphatic heterocycles. The van der Waals surface area contributed by atoms with E-state index in [0.29, 0.717) is 0 Å². The van der Waals surface area contributed by atoms with Gasteiger partial charge in [0.05, 0.1) is 0 Å². The van der Waals surface area contributed by atoms with E-state index >= 15 is 0 Å². The van der Waals surface area contributed by atoms with E-state index in [0.717, 1.165) is 0 Å². The number of hydrogen-bond acceptors (Lipinski definition) is 3. The van der Waals surface area contributed by atoms with Crippen LogP contribution in [0.5, 0.6) is 0 Å². The van der Waals surface area contributed by atoms with Gasteiger partial charge in [-0.05, 0) is 12.0 Å². The van der Waals surface area contributed by atoms with Crippen molar-refractivity contribution in [3.63, 3.8) is 0 Å². The van der Waals surface area contributed by atoms with Gasteiger partial charge in [-0.2, -0.15) is 13.2 Å². The number of nitrogens with zero attached hydrogens (tertiary/aromatic N) is 1. The number of carbonyl (C=O) groups is 1. The smallest absolute Gasteiger partial charge is 0.480 e. The lowest BCUT2D eigenvalue weighted by atomic mass is 10.1.